The van der Waals surface area contributed by atoms with Crippen molar-refractivity contribution in [2.45, 2.75) is 51.0 Å². The molecule has 1 rings (SSSR count). The maximum atomic E-state index is 10.3. The Morgan fingerprint density at radius 1 is 1.31 bits per heavy atom. The molecule has 0 bridgehead atoms. The normalized spacial score (nSPS) is 30.6. The number of rotatable bonds is 7. The first-order valence-corrected chi connectivity index (χ1v) is 6.58. The van der Waals surface area contributed by atoms with Crippen LogP contribution in [-0.4, -0.2) is 37.5 Å². The van der Waals surface area contributed by atoms with Crippen LogP contribution in [0.5, 0.6) is 0 Å². The summed E-state index contributed by atoms with van der Waals surface area (Å²) < 4.78 is 4.99. The van der Waals surface area contributed by atoms with Crippen molar-refractivity contribution < 1.29 is 9.84 Å². The molecule has 1 aliphatic carbocycles. The molecule has 16 heavy (non-hydrogen) atoms. The van der Waals surface area contributed by atoms with E-state index in [0.717, 1.165) is 51.3 Å². The van der Waals surface area contributed by atoms with Crippen molar-refractivity contribution >= 4 is 0 Å². The Hall–Kier alpha value is -0.120. The molecule has 0 saturated heterocycles. The molecular formula is C13H27NO2. The largest absolute Gasteiger partial charge is 0.389 e. The monoisotopic (exact) mass is 229 g/mol. The Labute approximate surface area is 99.6 Å². The van der Waals surface area contributed by atoms with Crippen molar-refractivity contribution in [2.75, 3.05) is 26.8 Å². The van der Waals surface area contributed by atoms with Gasteiger partial charge in [0.15, 0.2) is 0 Å². The third-order valence-electron chi connectivity index (χ3n) is 3.61. The summed E-state index contributed by atoms with van der Waals surface area (Å²) in [6.07, 6.45) is 6.47. The van der Waals surface area contributed by atoms with Crippen LogP contribution in [0.3, 0.4) is 0 Å². The number of hydrogen-bond acceptors (Lipinski definition) is 3. The maximum absolute atomic E-state index is 10.3. The van der Waals surface area contributed by atoms with Gasteiger partial charge >= 0.3 is 0 Å². The number of unbranched alkanes of at least 4 members (excludes halogenated alkanes) is 1. The summed E-state index contributed by atoms with van der Waals surface area (Å²) in [6.45, 7) is 4.86. The smallest absolute Gasteiger partial charge is 0.0771 e. The van der Waals surface area contributed by atoms with Gasteiger partial charge in [-0.25, -0.2) is 0 Å². The molecule has 0 spiro atoms. The highest BCUT2D eigenvalue weighted by Gasteiger charge is 2.30. The fourth-order valence-electron chi connectivity index (χ4n) is 2.29. The van der Waals surface area contributed by atoms with Gasteiger partial charge < -0.3 is 15.2 Å². The highest BCUT2D eigenvalue weighted by molar-refractivity contribution is 4.86. The highest BCUT2D eigenvalue weighted by Crippen LogP contribution is 2.31. The molecule has 1 saturated carbocycles. The zero-order chi connectivity index (χ0) is 11.9. The summed E-state index contributed by atoms with van der Waals surface area (Å²) in [5, 5.41) is 13.7. The predicted octanol–water partition coefficient (Wildman–Crippen LogP) is 1.94. The lowest BCUT2D eigenvalue weighted by Crippen LogP contribution is -2.43. The third-order valence-corrected chi connectivity index (χ3v) is 3.61. The van der Waals surface area contributed by atoms with Gasteiger partial charge in [0.05, 0.1) is 5.60 Å². The van der Waals surface area contributed by atoms with Gasteiger partial charge in [-0.05, 0) is 51.0 Å². The van der Waals surface area contributed by atoms with Crippen LogP contribution < -0.4 is 5.32 Å². The molecule has 2 N–H and O–H groups in total. The van der Waals surface area contributed by atoms with Gasteiger partial charge in [0.2, 0.25) is 0 Å². The summed E-state index contributed by atoms with van der Waals surface area (Å²) in [7, 11) is 1.74. The molecule has 0 aromatic carbocycles. The summed E-state index contributed by atoms with van der Waals surface area (Å²) in [5.41, 5.74) is -0.437. The van der Waals surface area contributed by atoms with E-state index < -0.39 is 5.60 Å². The second-order valence-electron chi connectivity index (χ2n) is 5.28. The molecule has 3 nitrogen and oxygen atoms in total. The SMILES string of the molecule is COCCCCNCC1(O)CCC(C)CC1. The lowest BCUT2D eigenvalue weighted by Gasteiger charge is -2.35. The Morgan fingerprint density at radius 2 is 2.00 bits per heavy atom. The minimum absolute atomic E-state index is 0.437. The molecule has 1 aliphatic rings. The van der Waals surface area contributed by atoms with Gasteiger partial charge in [-0.2, -0.15) is 0 Å². The molecule has 1 fully saturated rings. The van der Waals surface area contributed by atoms with E-state index >= 15 is 0 Å². The number of hydrogen-bond donors (Lipinski definition) is 2. The zero-order valence-corrected chi connectivity index (χ0v) is 10.8. The summed E-state index contributed by atoms with van der Waals surface area (Å²) >= 11 is 0. The van der Waals surface area contributed by atoms with Gasteiger partial charge in [0.25, 0.3) is 0 Å². The van der Waals surface area contributed by atoms with E-state index in [-0.39, 0.29) is 0 Å². The van der Waals surface area contributed by atoms with Crippen LogP contribution in [-0.2, 0) is 4.74 Å². The predicted molar refractivity (Wildman–Crippen MR) is 66.6 cm³/mol. The van der Waals surface area contributed by atoms with Crippen LogP contribution in [0.1, 0.15) is 45.4 Å². The van der Waals surface area contributed by atoms with Crippen LogP contribution in [0.4, 0.5) is 0 Å². The minimum Gasteiger partial charge on any atom is -0.389 e. The summed E-state index contributed by atoms with van der Waals surface area (Å²) in [4.78, 5) is 0. The second-order valence-corrected chi connectivity index (χ2v) is 5.28. The number of methoxy groups -OCH3 is 1. The van der Waals surface area contributed by atoms with Crippen LogP contribution >= 0.6 is 0 Å². The first-order chi connectivity index (χ1) is 7.66. The fraction of sp³-hybridized carbons (Fsp3) is 1.00. The Balaban J connectivity index is 2.03. The first-order valence-electron chi connectivity index (χ1n) is 6.58. The molecule has 0 unspecified atom stereocenters. The highest BCUT2D eigenvalue weighted by atomic mass is 16.5. The molecule has 0 radical (unpaired) electrons. The molecule has 0 amide bonds. The average molecular weight is 229 g/mol. The van der Waals surface area contributed by atoms with Gasteiger partial charge in [0.1, 0.15) is 0 Å². The van der Waals surface area contributed by atoms with Crippen molar-refractivity contribution in [3.63, 3.8) is 0 Å². The van der Waals surface area contributed by atoms with Gasteiger partial charge in [-0.3, -0.25) is 0 Å². The van der Waals surface area contributed by atoms with Crippen LogP contribution in [0.2, 0.25) is 0 Å². The van der Waals surface area contributed by atoms with Crippen LogP contribution in [0.15, 0.2) is 0 Å². The van der Waals surface area contributed by atoms with E-state index in [4.69, 9.17) is 4.74 Å². The number of aliphatic hydroxyl groups is 1. The molecule has 0 aromatic rings. The quantitative estimate of drug-likeness (QED) is 0.656. The minimum atomic E-state index is -0.437. The first kappa shape index (κ1) is 13.9. The summed E-state index contributed by atoms with van der Waals surface area (Å²) in [5.74, 6) is 0.793. The Bertz CT molecular complexity index is 177. The molecule has 0 aromatic heterocycles. The van der Waals surface area contributed by atoms with Crippen molar-refractivity contribution in [3.8, 4) is 0 Å². The van der Waals surface area contributed by atoms with Crippen molar-refractivity contribution in [2.24, 2.45) is 5.92 Å². The molecule has 96 valence electrons. The molecule has 0 aliphatic heterocycles. The van der Waals surface area contributed by atoms with Crippen LogP contribution in [0, 0.1) is 5.92 Å². The lowest BCUT2D eigenvalue weighted by molar-refractivity contribution is -0.00601. The molecule has 0 heterocycles. The third kappa shape index (κ3) is 5.28. The fourth-order valence-corrected chi connectivity index (χ4v) is 2.29. The van der Waals surface area contributed by atoms with Crippen molar-refractivity contribution in [3.05, 3.63) is 0 Å². The van der Waals surface area contributed by atoms with E-state index in [1.165, 1.54) is 12.8 Å². The van der Waals surface area contributed by atoms with Crippen molar-refractivity contribution in [1.82, 2.24) is 5.32 Å². The zero-order valence-electron chi connectivity index (χ0n) is 10.8. The molecule has 3 heteroatoms. The van der Waals surface area contributed by atoms with Crippen LogP contribution in [0.25, 0.3) is 0 Å². The maximum Gasteiger partial charge on any atom is 0.0771 e. The van der Waals surface area contributed by atoms with Gasteiger partial charge in [0, 0.05) is 20.3 Å². The lowest BCUT2D eigenvalue weighted by atomic mass is 9.79. The average Bonchev–Trinajstić information content (AvgIpc) is 2.28. The van der Waals surface area contributed by atoms with E-state index in [0.29, 0.717) is 0 Å². The Kier molecular flexibility index (Phi) is 6.32. The van der Waals surface area contributed by atoms with Crippen molar-refractivity contribution in [1.29, 1.82) is 0 Å². The molecular weight excluding hydrogens is 202 g/mol. The van der Waals surface area contributed by atoms with E-state index in [1.54, 1.807) is 7.11 Å². The standard InChI is InChI=1S/C13H27NO2/c1-12-5-7-13(15,8-6-12)11-14-9-3-4-10-16-2/h12,14-15H,3-11H2,1-2H3. The van der Waals surface area contributed by atoms with E-state index in [2.05, 4.69) is 12.2 Å². The van der Waals surface area contributed by atoms with E-state index in [1.807, 2.05) is 0 Å². The Morgan fingerprint density at radius 3 is 2.62 bits per heavy atom. The topological polar surface area (TPSA) is 41.5 Å². The second kappa shape index (κ2) is 7.25. The number of ether oxygens (including phenoxy) is 1. The van der Waals surface area contributed by atoms with Gasteiger partial charge in [-0.1, -0.05) is 6.92 Å². The van der Waals surface area contributed by atoms with Gasteiger partial charge in [-0.15, -0.1) is 0 Å². The number of nitrogens with one attached hydrogen (secondary N) is 1. The van der Waals surface area contributed by atoms with E-state index in [9.17, 15) is 5.11 Å². The molecule has 0 atom stereocenters. The summed E-state index contributed by atoms with van der Waals surface area (Å²) in [6, 6.07) is 0.